The first-order valence-electron chi connectivity index (χ1n) is 6.85. The van der Waals surface area contributed by atoms with Gasteiger partial charge in [-0.2, -0.15) is 0 Å². The second kappa shape index (κ2) is 6.36. The number of hydrogen-bond acceptors (Lipinski definition) is 4. The Balaban J connectivity index is 1.98. The Labute approximate surface area is 118 Å². The summed E-state index contributed by atoms with van der Waals surface area (Å²) < 4.78 is 0. The van der Waals surface area contributed by atoms with Crippen molar-refractivity contribution in [2.24, 2.45) is 16.8 Å². The Morgan fingerprint density at radius 3 is 2.90 bits per heavy atom. The zero-order valence-electron chi connectivity index (χ0n) is 11.5. The van der Waals surface area contributed by atoms with Crippen LogP contribution in [0.25, 0.3) is 0 Å². The van der Waals surface area contributed by atoms with E-state index in [0.29, 0.717) is 17.2 Å². The average molecular weight is 276 g/mol. The van der Waals surface area contributed by atoms with Crippen molar-refractivity contribution in [1.29, 1.82) is 0 Å². The van der Waals surface area contributed by atoms with E-state index < -0.39 is 0 Å². The van der Waals surface area contributed by atoms with Gasteiger partial charge < -0.3 is 16.3 Å². The molecule has 6 heteroatoms. The van der Waals surface area contributed by atoms with Gasteiger partial charge in [0.1, 0.15) is 5.69 Å². The minimum atomic E-state index is -0.171. The van der Waals surface area contributed by atoms with Gasteiger partial charge in [-0.05, 0) is 30.9 Å². The van der Waals surface area contributed by atoms with Crippen LogP contribution in [0.3, 0.4) is 0 Å². The van der Waals surface area contributed by atoms with Crippen molar-refractivity contribution < 1.29 is 10.0 Å². The number of carbonyl (C=O) groups excluding carboxylic acids is 1. The van der Waals surface area contributed by atoms with E-state index in [1.165, 1.54) is 12.6 Å². The predicted octanol–water partition coefficient (Wildman–Crippen LogP) is 1.48. The quantitative estimate of drug-likeness (QED) is 0.337. The Bertz CT molecular complexity index is 498. The number of nitrogens with two attached hydrogens (primary N) is 1. The van der Waals surface area contributed by atoms with Crippen molar-refractivity contribution in [2.45, 2.75) is 38.6 Å². The highest BCUT2D eigenvalue weighted by Crippen LogP contribution is 2.23. The Morgan fingerprint density at radius 1 is 1.50 bits per heavy atom. The number of amides is 1. The van der Waals surface area contributed by atoms with Gasteiger partial charge in [-0.1, -0.05) is 24.9 Å². The van der Waals surface area contributed by atoms with Crippen LogP contribution in [-0.2, 0) is 0 Å². The Kier molecular flexibility index (Phi) is 4.55. The largest absolute Gasteiger partial charge is 0.409 e. The first-order valence-corrected chi connectivity index (χ1v) is 6.85. The molecular weight excluding hydrogens is 256 g/mol. The summed E-state index contributed by atoms with van der Waals surface area (Å²) in [5.74, 6) is 0.464. The topological polar surface area (TPSA) is 101 Å². The summed E-state index contributed by atoms with van der Waals surface area (Å²) in [4.78, 5) is 16.1. The van der Waals surface area contributed by atoms with Gasteiger partial charge in [-0.15, -0.1) is 0 Å². The van der Waals surface area contributed by atoms with E-state index in [1.807, 2.05) is 0 Å². The van der Waals surface area contributed by atoms with E-state index in [0.717, 1.165) is 19.3 Å². The van der Waals surface area contributed by atoms with E-state index in [-0.39, 0.29) is 17.8 Å². The molecule has 1 aliphatic rings. The summed E-state index contributed by atoms with van der Waals surface area (Å²) >= 11 is 0. The number of nitrogens with one attached hydrogen (secondary N) is 1. The van der Waals surface area contributed by atoms with Crippen molar-refractivity contribution in [3.8, 4) is 0 Å². The second-order valence-electron chi connectivity index (χ2n) is 5.36. The minimum Gasteiger partial charge on any atom is -0.409 e. The van der Waals surface area contributed by atoms with Crippen LogP contribution in [0.1, 0.15) is 48.7 Å². The summed E-state index contributed by atoms with van der Waals surface area (Å²) in [5.41, 5.74) is 6.27. The van der Waals surface area contributed by atoms with Crippen LogP contribution in [-0.4, -0.2) is 28.0 Å². The Morgan fingerprint density at radius 2 is 2.30 bits per heavy atom. The molecule has 0 spiro atoms. The molecule has 1 aliphatic carbocycles. The summed E-state index contributed by atoms with van der Waals surface area (Å²) in [6, 6.07) is 3.42. The first kappa shape index (κ1) is 14.3. The first-order chi connectivity index (χ1) is 9.60. The number of rotatable bonds is 3. The zero-order chi connectivity index (χ0) is 14.5. The van der Waals surface area contributed by atoms with Crippen LogP contribution in [0.15, 0.2) is 23.5 Å². The normalized spacial score (nSPS) is 23.4. The van der Waals surface area contributed by atoms with E-state index in [2.05, 4.69) is 22.4 Å². The molecular formula is C14H20N4O2. The molecule has 0 bridgehead atoms. The van der Waals surface area contributed by atoms with Crippen LogP contribution in [0, 0.1) is 5.92 Å². The van der Waals surface area contributed by atoms with Gasteiger partial charge >= 0.3 is 0 Å². The Hall–Kier alpha value is -2.11. The third-order valence-electron chi connectivity index (χ3n) is 3.67. The average Bonchev–Trinajstić information content (AvgIpc) is 2.46. The highest BCUT2D eigenvalue weighted by Gasteiger charge is 2.21. The highest BCUT2D eigenvalue weighted by molar-refractivity contribution is 5.98. The lowest BCUT2D eigenvalue weighted by molar-refractivity contribution is 0.0916. The van der Waals surface area contributed by atoms with Gasteiger partial charge in [-0.3, -0.25) is 9.78 Å². The molecule has 0 saturated heterocycles. The molecule has 2 atom stereocenters. The number of pyridine rings is 1. The lowest BCUT2D eigenvalue weighted by atomic mass is 9.87. The van der Waals surface area contributed by atoms with Crippen LogP contribution in [0.5, 0.6) is 0 Å². The lowest BCUT2D eigenvalue weighted by Crippen LogP contribution is -2.38. The zero-order valence-corrected chi connectivity index (χ0v) is 11.5. The highest BCUT2D eigenvalue weighted by atomic mass is 16.4. The van der Waals surface area contributed by atoms with Crippen molar-refractivity contribution in [3.63, 3.8) is 0 Å². The third kappa shape index (κ3) is 3.46. The molecule has 6 nitrogen and oxygen atoms in total. The molecule has 108 valence electrons. The van der Waals surface area contributed by atoms with Crippen LogP contribution in [0.2, 0.25) is 0 Å². The van der Waals surface area contributed by atoms with Crippen molar-refractivity contribution >= 4 is 11.7 Å². The van der Waals surface area contributed by atoms with Gasteiger partial charge in [-0.25, -0.2) is 0 Å². The van der Waals surface area contributed by atoms with E-state index in [4.69, 9.17) is 10.9 Å². The number of carbonyl (C=O) groups is 1. The van der Waals surface area contributed by atoms with Gasteiger partial charge in [0.05, 0.1) is 0 Å². The number of amidine groups is 1. The molecule has 0 radical (unpaired) electrons. The summed E-state index contributed by atoms with van der Waals surface area (Å²) in [6.07, 6.45) is 5.86. The molecule has 1 heterocycles. The monoisotopic (exact) mass is 276 g/mol. The number of hydrogen-bond donors (Lipinski definition) is 3. The third-order valence-corrected chi connectivity index (χ3v) is 3.67. The smallest absolute Gasteiger partial charge is 0.270 e. The van der Waals surface area contributed by atoms with Gasteiger partial charge in [0.15, 0.2) is 5.84 Å². The van der Waals surface area contributed by atoms with Crippen LogP contribution in [0.4, 0.5) is 0 Å². The maximum Gasteiger partial charge on any atom is 0.270 e. The fraction of sp³-hybridized carbons (Fsp3) is 0.500. The lowest BCUT2D eigenvalue weighted by Gasteiger charge is -2.27. The molecule has 1 aromatic heterocycles. The van der Waals surface area contributed by atoms with E-state index in [1.54, 1.807) is 12.1 Å². The van der Waals surface area contributed by atoms with Crippen molar-refractivity contribution in [2.75, 3.05) is 0 Å². The molecule has 20 heavy (non-hydrogen) atoms. The van der Waals surface area contributed by atoms with Gasteiger partial charge in [0, 0.05) is 17.8 Å². The molecule has 2 unspecified atom stereocenters. The molecule has 2 rings (SSSR count). The molecule has 1 saturated carbocycles. The molecule has 4 N–H and O–H groups in total. The molecule has 0 aliphatic heterocycles. The molecule has 1 amide bonds. The molecule has 0 aromatic carbocycles. The maximum absolute atomic E-state index is 12.1. The summed E-state index contributed by atoms with van der Waals surface area (Å²) in [5, 5.41) is 14.5. The number of aromatic nitrogens is 1. The second-order valence-corrected chi connectivity index (χ2v) is 5.36. The summed E-state index contributed by atoms with van der Waals surface area (Å²) in [6.45, 7) is 2.21. The van der Waals surface area contributed by atoms with Crippen LogP contribution >= 0.6 is 0 Å². The molecule has 1 fully saturated rings. The van der Waals surface area contributed by atoms with Crippen molar-refractivity contribution in [3.05, 3.63) is 29.6 Å². The SMILES string of the molecule is CC1CCCC(NC(=O)c2ccc(C(N)=NO)cn2)C1. The molecule has 1 aromatic rings. The number of nitrogens with zero attached hydrogens (tertiary/aromatic N) is 2. The van der Waals surface area contributed by atoms with Gasteiger partial charge in [0.2, 0.25) is 0 Å². The van der Waals surface area contributed by atoms with E-state index in [9.17, 15) is 4.79 Å². The standard InChI is InChI=1S/C14H20N4O2/c1-9-3-2-4-11(7-9)17-14(19)12-6-5-10(8-16-12)13(15)18-20/h5-6,8-9,11,20H,2-4,7H2,1H3,(H2,15,18)(H,17,19). The predicted molar refractivity (Wildman–Crippen MR) is 75.6 cm³/mol. The fourth-order valence-corrected chi connectivity index (χ4v) is 2.56. The minimum absolute atomic E-state index is 0.0226. The van der Waals surface area contributed by atoms with Crippen LogP contribution < -0.4 is 11.1 Å². The van der Waals surface area contributed by atoms with E-state index >= 15 is 0 Å². The van der Waals surface area contributed by atoms with Crippen molar-refractivity contribution in [1.82, 2.24) is 10.3 Å². The fourth-order valence-electron chi connectivity index (χ4n) is 2.56. The summed E-state index contributed by atoms with van der Waals surface area (Å²) in [7, 11) is 0. The van der Waals surface area contributed by atoms with Gasteiger partial charge in [0.25, 0.3) is 5.91 Å². The maximum atomic E-state index is 12.1. The number of oxime groups is 1.